The summed E-state index contributed by atoms with van der Waals surface area (Å²) >= 11 is 0. The van der Waals surface area contributed by atoms with E-state index in [-0.39, 0.29) is 5.92 Å². The lowest BCUT2D eigenvalue weighted by atomic mass is 9.94. The van der Waals surface area contributed by atoms with Gasteiger partial charge in [0.1, 0.15) is 5.75 Å². The molecule has 0 saturated carbocycles. The van der Waals surface area contributed by atoms with Gasteiger partial charge < -0.3 is 14.6 Å². The lowest BCUT2D eigenvalue weighted by Crippen LogP contribution is -2.16. The van der Waals surface area contributed by atoms with Crippen LogP contribution in [0.25, 0.3) is 0 Å². The number of carbonyl (C=O) groups is 1. The maximum atomic E-state index is 11.2. The van der Waals surface area contributed by atoms with Crippen LogP contribution >= 0.6 is 0 Å². The molecule has 0 amide bonds. The summed E-state index contributed by atoms with van der Waals surface area (Å²) in [5.74, 6) is -0.269. The summed E-state index contributed by atoms with van der Waals surface area (Å²) < 4.78 is 10.0. The quantitative estimate of drug-likeness (QED) is 0.698. The Morgan fingerprint density at radius 2 is 1.89 bits per heavy atom. The minimum atomic E-state index is -0.728. The van der Waals surface area contributed by atoms with Gasteiger partial charge in [-0.25, -0.2) is 0 Å². The number of ether oxygens (including phenoxy) is 2. The van der Waals surface area contributed by atoms with Gasteiger partial charge in [-0.3, -0.25) is 4.79 Å². The van der Waals surface area contributed by atoms with Crippen LogP contribution in [0.2, 0.25) is 0 Å². The molecule has 1 atom stereocenters. The third-order valence-corrected chi connectivity index (χ3v) is 3.14. The van der Waals surface area contributed by atoms with Crippen LogP contribution in [-0.4, -0.2) is 31.9 Å². The van der Waals surface area contributed by atoms with Gasteiger partial charge >= 0.3 is 5.97 Å². The van der Waals surface area contributed by atoms with E-state index in [2.05, 4.69) is 0 Å². The van der Waals surface area contributed by atoms with Gasteiger partial charge in [0.15, 0.2) is 0 Å². The molecule has 0 bridgehead atoms. The van der Waals surface area contributed by atoms with Gasteiger partial charge in [-0.05, 0) is 37.0 Å². The molecular formula is C15H22O4. The van der Waals surface area contributed by atoms with E-state index < -0.39 is 5.97 Å². The van der Waals surface area contributed by atoms with Crippen LogP contribution < -0.4 is 4.74 Å². The van der Waals surface area contributed by atoms with Crippen LogP contribution in [0.5, 0.6) is 5.75 Å². The van der Waals surface area contributed by atoms with E-state index in [1.165, 1.54) is 0 Å². The summed E-state index contributed by atoms with van der Waals surface area (Å²) in [6.07, 6.45) is 3.03. The number of hydrogen-bond donors (Lipinski definition) is 1. The molecule has 4 heteroatoms. The van der Waals surface area contributed by atoms with Gasteiger partial charge in [0.05, 0.1) is 13.0 Å². The highest BCUT2D eigenvalue weighted by Gasteiger charge is 2.17. The second-order valence-corrected chi connectivity index (χ2v) is 4.58. The number of benzene rings is 1. The van der Waals surface area contributed by atoms with E-state index >= 15 is 0 Å². The molecule has 0 aromatic heterocycles. The number of carboxylic acid groups (broad SMARTS) is 1. The molecule has 106 valence electrons. The van der Waals surface area contributed by atoms with Crippen LogP contribution in [0.1, 0.15) is 24.8 Å². The molecule has 1 unspecified atom stereocenters. The highest BCUT2D eigenvalue weighted by Crippen LogP contribution is 2.18. The first-order valence-corrected chi connectivity index (χ1v) is 6.52. The largest absolute Gasteiger partial charge is 0.497 e. The number of unbranched alkanes of at least 4 members (excludes halogenated alkanes) is 1. The SMILES string of the molecule is COCCCCC(Cc1ccc(OC)cc1)C(=O)O. The zero-order chi connectivity index (χ0) is 14.1. The first-order valence-electron chi connectivity index (χ1n) is 6.52. The first kappa shape index (κ1) is 15.5. The van der Waals surface area contributed by atoms with Gasteiger partial charge in [0, 0.05) is 13.7 Å². The summed E-state index contributed by atoms with van der Waals surface area (Å²) in [5, 5.41) is 9.24. The van der Waals surface area contributed by atoms with Crippen molar-refractivity contribution in [2.45, 2.75) is 25.7 Å². The van der Waals surface area contributed by atoms with Crippen molar-refractivity contribution < 1.29 is 19.4 Å². The van der Waals surface area contributed by atoms with Crippen molar-refractivity contribution in [3.8, 4) is 5.75 Å². The molecule has 0 spiro atoms. The molecule has 4 nitrogen and oxygen atoms in total. The van der Waals surface area contributed by atoms with E-state index in [4.69, 9.17) is 9.47 Å². The van der Waals surface area contributed by atoms with Gasteiger partial charge in [0.25, 0.3) is 0 Å². The molecular weight excluding hydrogens is 244 g/mol. The number of aliphatic carboxylic acids is 1. The molecule has 0 aliphatic heterocycles. The second-order valence-electron chi connectivity index (χ2n) is 4.58. The van der Waals surface area contributed by atoms with Crippen molar-refractivity contribution in [3.63, 3.8) is 0 Å². The maximum Gasteiger partial charge on any atom is 0.306 e. The zero-order valence-electron chi connectivity index (χ0n) is 11.6. The lowest BCUT2D eigenvalue weighted by Gasteiger charge is -2.12. The van der Waals surface area contributed by atoms with E-state index in [1.54, 1.807) is 14.2 Å². The molecule has 0 aliphatic carbocycles. The van der Waals surface area contributed by atoms with Crippen molar-refractivity contribution >= 4 is 5.97 Å². The Morgan fingerprint density at radius 3 is 2.42 bits per heavy atom. The Labute approximate surface area is 114 Å². The summed E-state index contributed by atoms with van der Waals surface area (Å²) in [5.41, 5.74) is 1.03. The number of rotatable bonds is 9. The molecule has 19 heavy (non-hydrogen) atoms. The molecule has 0 aliphatic rings. The van der Waals surface area contributed by atoms with Gasteiger partial charge in [-0.2, -0.15) is 0 Å². The molecule has 0 radical (unpaired) electrons. The van der Waals surface area contributed by atoms with Gasteiger partial charge in [0.2, 0.25) is 0 Å². The highest BCUT2D eigenvalue weighted by atomic mass is 16.5. The summed E-state index contributed by atoms with van der Waals surface area (Å²) in [6.45, 7) is 0.689. The normalized spacial score (nSPS) is 12.1. The van der Waals surface area contributed by atoms with Crippen LogP contribution in [0.4, 0.5) is 0 Å². The van der Waals surface area contributed by atoms with Crippen LogP contribution in [-0.2, 0) is 16.0 Å². The van der Waals surface area contributed by atoms with E-state index in [0.717, 1.165) is 24.2 Å². The average molecular weight is 266 g/mol. The van der Waals surface area contributed by atoms with Crippen LogP contribution in [0, 0.1) is 5.92 Å². The number of carboxylic acids is 1. The van der Waals surface area contributed by atoms with Crippen molar-refractivity contribution in [1.82, 2.24) is 0 Å². The second kappa shape index (κ2) is 8.53. The standard InChI is InChI=1S/C15H22O4/c1-18-10-4-3-5-13(15(16)17)11-12-6-8-14(19-2)9-7-12/h6-9,13H,3-5,10-11H2,1-2H3,(H,16,17). The summed E-state index contributed by atoms with van der Waals surface area (Å²) in [7, 11) is 3.27. The van der Waals surface area contributed by atoms with Crippen molar-refractivity contribution in [1.29, 1.82) is 0 Å². The summed E-state index contributed by atoms with van der Waals surface area (Å²) in [4.78, 5) is 11.2. The smallest absolute Gasteiger partial charge is 0.306 e. The van der Waals surface area contributed by atoms with Crippen LogP contribution in [0.3, 0.4) is 0 Å². The predicted molar refractivity (Wildman–Crippen MR) is 73.6 cm³/mol. The average Bonchev–Trinajstić information content (AvgIpc) is 2.42. The Morgan fingerprint density at radius 1 is 1.21 bits per heavy atom. The summed E-state index contributed by atoms with van der Waals surface area (Å²) in [6, 6.07) is 7.56. The van der Waals surface area contributed by atoms with Crippen molar-refractivity contribution in [2.75, 3.05) is 20.8 Å². The molecule has 0 heterocycles. The predicted octanol–water partition coefficient (Wildman–Crippen LogP) is 2.76. The fourth-order valence-corrected chi connectivity index (χ4v) is 2.00. The van der Waals surface area contributed by atoms with Gasteiger partial charge in [-0.15, -0.1) is 0 Å². The third-order valence-electron chi connectivity index (χ3n) is 3.14. The number of methoxy groups -OCH3 is 2. The fourth-order valence-electron chi connectivity index (χ4n) is 2.00. The maximum absolute atomic E-state index is 11.2. The molecule has 1 aromatic carbocycles. The highest BCUT2D eigenvalue weighted by molar-refractivity contribution is 5.70. The van der Waals surface area contributed by atoms with E-state index in [1.807, 2.05) is 24.3 Å². The van der Waals surface area contributed by atoms with E-state index in [9.17, 15) is 9.90 Å². The molecule has 0 saturated heterocycles. The molecule has 0 fully saturated rings. The Bertz CT molecular complexity index is 372. The third kappa shape index (κ3) is 5.75. The van der Waals surface area contributed by atoms with Crippen molar-refractivity contribution in [2.24, 2.45) is 5.92 Å². The Kier molecular flexibility index (Phi) is 6.97. The van der Waals surface area contributed by atoms with E-state index in [0.29, 0.717) is 19.4 Å². The van der Waals surface area contributed by atoms with Gasteiger partial charge in [-0.1, -0.05) is 18.6 Å². The minimum Gasteiger partial charge on any atom is -0.497 e. The van der Waals surface area contributed by atoms with Crippen LogP contribution in [0.15, 0.2) is 24.3 Å². The van der Waals surface area contributed by atoms with Crippen molar-refractivity contribution in [3.05, 3.63) is 29.8 Å². The monoisotopic (exact) mass is 266 g/mol. The molecule has 1 rings (SSSR count). The zero-order valence-corrected chi connectivity index (χ0v) is 11.6. The fraction of sp³-hybridized carbons (Fsp3) is 0.533. The lowest BCUT2D eigenvalue weighted by molar-refractivity contribution is -0.142. The molecule has 1 aromatic rings. The topological polar surface area (TPSA) is 55.8 Å². The first-order chi connectivity index (χ1) is 9.17. The number of hydrogen-bond acceptors (Lipinski definition) is 3. The minimum absolute atomic E-state index is 0.328. The molecule has 1 N–H and O–H groups in total. The Hall–Kier alpha value is -1.55. The Balaban J connectivity index is 2.49.